The zero-order chi connectivity index (χ0) is 14.4. The zero-order valence-corrected chi connectivity index (χ0v) is 13.3. The Labute approximate surface area is 125 Å². The molecule has 2 rings (SSSR count). The third-order valence-corrected chi connectivity index (χ3v) is 4.75. The van der Waals surface area contributed by atoms with E-state index in [1.165, 1.54) is 12.0 Å². The van der Waals surface area contributed by atoms with E-state index >= 15 is 0 Å². The average molecular weight is 289 g/mol. The normalized spacial score (nSPS) is 11.8. The molecule has 1 N–H and O–H groups in total. The van der Waals surface area contributed by atoms with Crippen LogP contribution in [-0.4, -0.2) is 23.3 Å². The summed E-state index contributed by atoms with van der Waals surface area (Å²) in [5, 5.41) is 14.4. The molecule has 4 heteroatoms. The van der Waals surface area contributed by atoms with Gasteiger partial charge in [-0.2, -0.15) is 0 Å². The molecule has 0 bridgehead atoms. The molecule has 20 heavy (non-hydrogen) atoms. The van der Waals surface area contributed by atoms with E-state index < -0.39 is 0 Å². The maximum atomic E-state index is 4.40. The highest BCUT2D eigenvalue weighted by Crippen LogP contribution is 2.33. The fraction of sp³-hybridized carbons (Fsp3) is 0.500. The molecule has 0 aliphatic carbocycles. The third kappa shape index (κ3) is 3.64. The lowest BCUT2D eigenvalue weighted by molar-refractivity contribution is 0.624. The van der Waals surface area contributed by atoms with Crippen molar-refractivity contribution in [1.82, 2.24) is 15.5 Å². The van der Waals surface area contributed by atoms with Gasteiger partial charge in [-0.15, -0.1) is 21.5 Å². The van der Waals surface area contributed by atoms with Gasteiger partial charge in [0.15, 0.2) is 0 Å². The predicted octanol–water partition coefficient (Wildman–Crippen LogP) is 3.41. The molecule has 0 radical (unpaired) electrons. The monoisotopic (exact) mass is 289 g/mol. The first-order chi connectivity index (χ1) is 9.64. The van der Waals surface area contributed by atoms with Gasteiger partial charge < -0.3 is 5.32 Å². The molecule has 0 saturated carbocycles. The molecule has 1 heterocycles. The Balaban J connectivity index is 2.04. The Hall–Kier alpha value is -1.26. The second kappa shape index (κ2) is 6.95. The number of nitrogens with zero attached hydrogens (tertiary/aromatic N) is 2. The van der Waals surface area contributed by atoms with E-state index in [1.807, 2.05) is 6.07 Å². The number of rotatable bonds is 7. The molecule has 1 aromatic heterocycles. The van der Waals surface area contributed by atoms with Crippen molar-refractivity contribution in [2.24, 2.45) is 0 Å². The second-order valence-electron chi connectivity index (χ2n) is 5.49. The highest BCUT2D eigenvalue weighted by Gasteiger charge is 2.27. The molecule has 0 fully saturated rings. The molecule has 0 unspecified atom stereocenters. The Morgan fingerprint density at radius 3 is 2.55 bits per heavy atom. The van der Waals surface area contributed by atoms with Crippen molar-refractivity contribution < 1.29 is 0 Å². The lowest BCUT2D eigenvalue weighted by atomic mass is 9.85. The summed E-state index contributed by atoms with van der Waals surface area (Å²) in [5.41, 5.74) is 1.21. The molecule has 108 valence electrons. The summed E-state index contributed by atoms with van der Waals surface area (Å²) in [6.07, 6.45) is 2.13. The van der Waals surface area contributed by atoms with Gasteiger partial charge in [-0.05, 0) is 32.4 Å². The van der Waals surface area contributed by atoms with Crippen molar-refractivity contribution in [3.63, 3.8) is 0 Å². The quantitative estimate of drug-likeness (QED) is 0.794. The number of hydrogen-bond donors (Lipinski definition) is 1. The van der Waals surface area contributed by atoms with Crippen molar-refractivity contribution in [3.05, 3.63) is 45.9 Å². The van der Waals surface area contributed by atoms with Crippen molar-refractivity contribution >= 4 is 11.3 Å². The fourth-order valence-electron chi connectivity index (χ4n) is 2.08. The first kappa shape index (κ1) is 15.1. The van der Waals surface area contributed by atoms with Crippen LogP contribution in [0.3, 0.4) is 0 Å². The van der Waals surface area contributed by atoms with Gasteiger partial charge in [0.2, 0.25) is 0 Å². The summed E-state index contributed by atoms with van der Waals surface area (Å²) in [6, 6.07) is 10.5. The predicted molar refractivity (Wildman–Crippen MR) is 85.3 cm³/mol. The molecule has 2 aromatic rings. The molecule has 0 atom stereocenters. The molecular formula is C16H23N3S. The van der Waals surface area contributed by atoms with Crippen molar-refractivity contribution in [1.29, 1.82) is 0 Å². The Morgan fingerprint density at radius 1 is 1.10 bits per heavy atom. The van der Waals surface area contributed by atoms with Crippen LogP contribution in [0.1, 0.15) is 42.8 Å². The highest BCUT2D eigenvalue weighted by atomic mass is 32.1. The summed E-state index contributed by atoms with van der Waals surface area (Å²) < 4.78 is 0. The van der Waals surface area contributed by atoms with Gasteiger partial charge in [-0.3, -0.25) is 0 Å². The lowest BCUT2D eigenvalue weighted by Crippen LogP contribution is -2.18. The van der Waals surface area contributed by atoms with Crippen LogP contribution in [0.15, 0.2) is 30.3 Å². The first-order valence-corrected chi connectivity index (χ1v) is 8.05. The Kier molecular flexibility index (Phi) is 5.26. The van der Waals surface area contributed by atoms with Gasteiger partial charge >= 0.3 is 0 Å². The van der Waals surface area contributed by atoms with E-state index in [-0.39, 0.29) is 5.41 Å². The van der Waals surface area contributed by atoms with Crippen molar-refractivity contribution in [3.8, 4) is 0 Å². The Bertz CT molecular complexity index is 520. The van der Waals surface area contributed by atoms with Gasteiger partial charge in [-0.25, -0.2) is 0 Å². The Morgan fingerprint density at radius 2 is 1.85 bits per heavy atom. The van der Waals surface area contributed by atoms with Crippen molar-refractivity contribution in [2.45, 2.75) is 39.0 Å². The summed E-state index contributed by atoms with van der Waals surface area (Å²) >= 11 is 1.73. The largest absolute Gasteiger partial charge is 0.316 e. The van der Waals surface area contributed by atoms with Gasteiger partial charge in [0.25, 0.3) is 0 Å². The van der Waals surface area contributed by atoms with Crippen LogP contribution in [0, 0.1) is 0 Å². The first-order valence-electron chi connectivity index (χ1n) is 7.23. The van der Waals surface area contributed by atoms with Crippen LogP contribution >= 0.6 is 11.3 Å². The molecule has 1 aromatic carbocycles. The van der Waals surface area contributed by atoms with Crippen LogP contribution < -0.4 is 5.32 Å². The van der Waals surface area contributed by atoms with Crippen LogP contribution in [0.2, 0.25) is 0 Å². The van der Waals surface area contributed by atoms with Crippen molar-refractivity contribution in [2.75, 3.05) is 13.1 Å². The molecule has 0 aliphatic heterocycles. The van der Waals surface area contributed by atoms with Gasteiger partial charge in [0, 0.05) is 18.4 Å². The SMILES string of the molecule is CCCNCCc1nnc(C(C)(C)c2ccccc2)s1. The van der Waals surface area contributed by atoms with E-state index in [1.54, 1.807) is 11.3 Å². The fourth-order valence-corrected chi connectivity index (χ4v) is 3.05. The average Bonchev–Trinajstić information content (AvgIpc) is 2.94. The van der Waals surface area contributed by atoms with Crippen LogP contribution in [-0.2, 0) is 11.8 Å². The molecule has 0 amide bonds. The third-order valence-electron chi connectivity index (χ3n) is 3.44. The van der Waals surface area contributed by atoms with E-state index in [0.717, 1.165) is 29.5 Å². The lowest BCUT2D eigenvalue weighted by Gasteiger charge is -2.21. The van der Waals surface area contributed by atoms with Gasteiger partial charge in [0.05, 0.1) is 0 Å². The minimum Gasteiger partial charge on any atom is -0.316 e. The van der Waals surface area contributed by atoms with E-state index in [4.69, 9.17) is 0 Å². The molecule has 3 nitrogen and oxygen atoms in total. The van der Waals surface area contributed by atoms with E-state index in [9.17, 15) is 0 Å². The number of aromatic nitrogens is 2. The topological polar surface area (TPSA) is 37.8 Å². The smallest absolute Gasteiger partial charge is 0.127 e. The van der Waals surface area contributed by atoms with Gasteiger partial charge in [-0.1, -0.05) is 37.3 Å². The summed E-state index contributed by atoms with van der Waals surface area (Å²) in [5.74, 6) is 0. The zero-order valence-electron chi connectivity index (χ0n) is 12.5. The minimum atomic E-state index is -0.0754. The molecule has 0 aliphatic rings. The molecule has 0 spiro atoms. The highest BCUT2D eigenvalue weighted by molar-refractivity contribution is 7.11. The van der Waals surface area contributed by atoms with Gasteiger partial charge in [0.1, 0.15) is 10.0 Å². The van der Waals surface area contributed by atoms with Crippen LogP contribution in [0.5, 0.6) is 0 Å². The maximum absolute atomic E-state index is 4.40. The number of benzene rings is 1. The maximum Gasteiger partial charge on any atom is 0.127 e. The molecular weight excluding hydrogens is 266 g/mol. The summed E-state index contributed by atoms with van der Waals surface area (Å²) in [6.45, 7) is 8.65. The standard InChI is InChI=1S/C16H23N3S/c1-4-11-17-12-10-14-18-19-15(20-14)16(2,3)13-8-6-5-7-9-13/h5-9,17H,4,10-12H2,1-3H3. The summed E-state index contributed by atoms with van der Waals surface area (Å²) in [4.78, 5) is 0. The number of nitrogens with one attached hydrogen (secondary N) is 1. The summed E-state index contributed by atoms with van der Waals surface area (Å²) in [7, 11) is 0. The molecule has 0 saturated heterocycles. The second-order valence-corrected chi connectivity index (χ2v) is 6.55. The van der Waals surface area contributed by atoms with E-state index in [0.29, 0.717) is 0 Å². The van der Waals surface area contributed by atoms with Crippen LogP contribution in [0.25, 0.3) is 0 Å². The minimum absolute atomic E-state index is 0.0754. The van der Waals surface area contributed by atoms with E-state index in [2.05, 4.69) is 60.6 Å². The van der Waals surface area contributed by atoms with Crippen LogP contribution in [0.4, 0.5) is 0 Å². The number of hydrogen-bond acceptors (Lipinski definition) is 4.